The van der Waals surface area contributed by atoms with Gasteiger partial charge in [-0.25, -0.2) is 8.42 Å². The predicted molar refractivity (Wildman–Crippen MR) is 85.2 cm³/mol. The van der Waals surface area contributed by atoms with E-state index in [2.05, 4.69) is 5.16 Å². The number of rotatable bonds is 4. The Morgan fingerprint density at radius 1 is 1.32 bits per heavy atom. The van der Waals surface area contributed by atoms with Crippen molar-refractivity contribution in [2.24, 2.45) is 5.73 Å². The van der Waals surface area contributed by atoms with Crippen LogP contribution in [0.15, 0.2) is 45.9 Å². The molecule has 2 N–H and O–H groups in total. The summed E-state index contributed by atoms with van der Waals surface area (Å²) in [6.45, 7) is 0.846. The topological polar surface area (TPSA) is 89.4 Å². The molecule has 0 amide bonds. The van der Waals surface area contributed by atoms with Crippen molar-refractivity contribution in [2.75, 3.05) is 13.1 Å². The Kier molecular flexibility index (Phi) is 5.23. The molecular formula is C14H18ClN3O3S. The predicted octanol–water partition coefficient (Wildman–Crippen LogP) is 1.88. The van der Waals surface area contributed by atoms with Gasteiger partial charge in [-0.15, -0.1) is 12.4 Å². The van der Waals surface area contributed by atoms with Gasteiger partial charge in [-0.1, -0.05) is 17.3 Å². The molecule has 0 radical (unpaired) electrons. The van der Waals surface area contributed by atoms with Gasteiger partial charge in [0.15, 0.2) is 5.76 Å². The van der Waals surface area contributed by atoms with Gasteiger partial charge in [0, 0.05) is 30.8 Å². The average Bonchev–Trinajstić information content (AvgIpc) is 3.18. The standard InChI is InChI=1S/C14H17N3O3S.ClH/c15-10-11-4-3-9-17(11)21(18,19)14-6-2-1-5-12(14)13-7-8-16-20-13;/h1-2,5-8,11H,3-4,9-10,15H2;1H. The summed E-state index contributed by atoms with van der Waals surface area (Å²) in [5, 5.41) is 3.65. The molecule has 1 saturated heterocycles. The van der Waals surface area contributed by atoms with Crippen LogP contribution >= 0.6 is 12.4 Å². The van der Waals surface area contributed by atoms with Crippen LogP contribution in [0.4, 0.5) is 0 Å². The molecule has 22 heavy (non-hydrogen) atoms. The van der Waals surface area contributed by atoms with E-state index >= 15 is 0 Å². The highest BCUT2D eigenvalue weighted by molar-refractivity contribution is 7.89. The van der Waals surface area contributed by atoms with Crippen molar-refractivity contribution in [1.82, 2.24) is 9.46 Å². The Bertz CT molecular complexity index is 719. The van der Waals surface area contributed by atoms with E-state index in [1.54, 1.807) is 30.3 Å². The number of benzene rings is 1. The molecule has 6 nitrogen and oxygen atoms in total. The van der Waals surface area contributed by atoms with Crippen molar-refractivity contribution in [2.45, 2.75) is 23.8 Å². The highest BCUT2D eigenvalue weighted by Crippen LogP contribution is 2.32. The van der Waals surface area contributed by atoms with Crippen molar-refractivity contribution in [3.8, 4) is 11.3 Å². The van der Waals surface area contributed by atoms with E-state index < -0.39 is 10.0 Å². The summed E-state index contributed by atoms with van der Waals surface area (Å²) in [6.07, 6.45) is 3.14. The van der Waals surface area contributed by atoms with Crippen LogP contribution in [-0.4, -0.2) is 37.0 Å². The molecular weight excluding hydrogens is 326 g/mol. The molecule has 2 heterocycles. The molecule has 1 aliphatic heterocycles. The average molecular weight is 344 g/mol. The van der Waals surface area contributed by atoms with Gasteiger partial charge in [-0.05, 0) is 25.0 Å². The van der Waals surface area contributed by atoms with Gasteiger partial charge in [-0.3, -0.25) is 0 Å². The highest BCUT2D eigenvalue weighted by atomic mass is 35.5. The molecule has 0 bridgehead atoms. The zero-order valence-electron chi connectivity index (χ0n) is 11.9. The number of nitrogens with two attached hydrogens (primary N) is 1. The van der Waals surface area contributed by atoms with E-state index in [1.165, 1.54) is 10.5 Å². The molecule has 0 saturated carbocycles. The molecule has 1 unspecified atom stereocenters. The Morgan fingerprint density at radius 3 is 2.77 bits per heavy atom. The lowest BCUT2D eigenvalue weighted by Gasteiger charge is -2.23. The lowest BCUT2D eigenvalue weighted by atomic mass is 10.2. The fourth-order valence-corrected chi connectivity index (χ4v) is 4.64. The summed E-state index contributed by atoms with van der Waals surface area (Å²) in [5.41, 5.74) is 6.22. The van der Waals surface area contributed by atoms with Crippen molar-refractivity contribution < 1.29 is 12.9 Å². The molecule has 1 fully saturated rings. The zero-order valence-corrected chi connectivity index (χ0v) is 13.5. The third-order valence-corrected chi connectivity index (χ3v) is 5.78. The zero-order chi connectivity index (χ0) is 14.9. The second kappa shape index (κ2) is 6.78. The van der Waals surface area contributed by atoms with E-state index in [0.29, 0.717) is 24.4 Å². The largest absolute Gasteiger partial charge is 0.356 e. The van der Waals surface area contributed by atoms with Gasteiger partial charge >= 0.3 is 0 Å². The Hall–Kier alpha value is -1.41. The number of aromatic nitrogens is 1. The second-order valence-corrected chi connectivity index (χ2v) is 6.88. The first-order valence-electron chi connectivity index (χ1n) is 6.86. The summed E-state index contributed by atoms with van der Waals surface area (Å²) in [7, 11) is -3.59. The van der Waals surface area contributed by atoms with Gasteiger partial charge in [0.05, 0.1) is 11.1 Å². The fourth-order valence-electron chi connectivity index (χ4n) is 2.74. The van der Waals surface area contributed by atoms with E-state index in [4.69, 9.17) is 10.3 Å². The lowest BCUT2D eigenvalue weighted by molar-refractivity contribution is 0.392. The molecule has 2 aromatic rings. The van der Waals surface area contributed by atoms with Crippen LogP contribution in [0.1, 0.15) is 12.8 Å². The lowest BCUT2D eigenvalue weighted by Crippen LogP contribution is -2.40. The molecule has 3 rings (SSSR count). The minimum Gasteiger partial charge on any atom is -0.356 e. The summed E-state index contributed by atoms with van der Waals surface area (Å²) in [5.74, 6) is 0.442. The fraction of sp³-hybridized carbons (Fsp3) is 0.357. The first-order chi connectivity index (χ1) is 10.1. The van der Waals surface area contributed by atoms with E-state index in [9.17, 15) is 8.42 Å². The van der Waals surface area contributed by atoms with Gasteiger partial charge in [0.1, 0.15) is 0 Å². The summed E-state index contributed by atoms with van der Waals surface area (Å²) in [4.78, 5) is 0.238. The summed E-state index contributed by atoms with van der Waals surface area (Å²) in [6, 6.07) is 8.33. The number of hydrogen-bond donors (Lipinski definition) is 1. The maximum atomic E-state index is 12.9. The molecule has 120 valence electrons. The monoisotopic (exact) mass is 343 g/mol. The molecule has 1 aromatic carbocycles. The first kappa shape index (κ1) is 17.0. The summed E-state index contributed by atoms with van der Waals surface area (Å²) >= 11 is 0. The molecule has 1 aromatic heterocycles. The Balaban J connectivity index is 0.00000176. The van der Waals surface area contributed by atoms with Crippen LogP contribution in [0, 0.1) is 0 Å². The van der Waals surface area contributed by atoms with Crippen LogP contribution in [0.3, 0.4) is 0 Å². The molecule has 1 atom stereocenters. The van der Waals surface area contributed by atoms with Crippen molar-refractivity contribution in [3.05, 3.63) is 36.5 Å². The summed E-state index contributed by atoms with van der Waals surface area (Å²) < 4.78 is 32.5. The van der Waals surface area contributed by atoms with Gasteiger partial charge in [0.2, 0.25) is 10.0 Å². The molecule has 0 aliphatic carbocycles. The van der Waals surface area contributed by atoms with Crippen molar-refractivity contribution in [3.63, 3.8) is 0 Å². The third-order valence-electron chi connectivity index (χ3n) is 3.77. The quantitative estimate of drug-likeness (QED) is 0.915. The number of halogens is 1. The molecule has 0 spiro atoms. The van der Waals surface area contributed by atoms with Gasteiger partial charge < -0.3 is 10.3 Å². The van der Waals surface area contributed by atoms with E-state index in [0.717, 1.165) is 12.8 Å². The first-order valence-corrected chi connectivity index (χ1v) is 8.30. The van der Waals surface area contributed by atoms with Crippen LogP contribution in [0.5, 0.6) is 0 Å². The van der Waals surface area contributed by atoms with E-state index in [-0.39, 0.29) is 23.3 Å². The smallest absolute Gasteiger partial charge is 0.244 e. The Labute approximate surface area is 135 Å². The van der Waals surface area contributed by atoms with Crippen LogP contribution < -0.4 is 5.73 Å². The van der Waals surface area contributed by atoms with E-state index in [1.807, 2.05) is 0 Å². The number of sulfonamides is 1. The maximum Gasteiger partial charge on any atom is 0.244 e. The molecule has 1 aliphatic rings. The minimum absolute atomic E-state index is 0. The number of nitrogens with zero attached hydrogens (tertiary/aromatic N) is 2. The van der Waals surface area contributed by atoms with Crippen LogP contribution in [-0.2, 0) is 10.0 Å². The van der Waals surface area contributed by atoms with Crippen molar-refractivity contribution in [1.29, 1.82) is 0 Å². The molecule has 8 heteroatoms. The normalized spacial score (nSPS) is 19.0. The highest BCUT2D eigenvalue weighted by Gasteiger charge is 2.36. The van der Waals surface area contributed by atoms with Gasteiger partial charge in [-0.2, -0.15) is 4.31 Å². The third kappa shape index (κ3) is 2.89. The number of hydrogen-bond acceptors (Lipinski definition) is 5. The maximum absolute atomic E-state index is 12.9. The Morgan fingerprint density at radius 2 is 2.09 bits per heavy atom. The van der Waals surface area contributed by atoms with Crippen LogP contribution in [0.25, 0.3) is 11.3 Å². The van der Waals surface area contributed by atoms with Gasteiger partial charge in [0.25, 0.3) is 0 Å². The SMILES string of the molecule is Cl.NCC1CCCN1S(=O)(=O)c1ccccc1-c1ccno1. The second-order valence-electron chi connectivity index (χ2n) is 5.02. The van der Waals surface area contributed by atoms with Crippen LogP contribution in [0.2, 0.25) is 0 Å². The minimum atomic E-state index is -3.59. The van der Waals surface area contributed by atoms with Crippen molar-refractivity contribution >= 4 is 22.4 Å².